The monoisotopic (exact) mass is 285 g/mol. The molecule has 1 N–H and O–H groups in total. The van der Waals surface area contributed by atoms with Crippen LogP contribution in [-0.2, 0) is 14.3 Å². The molecule has 0 spiro atoms. The average Bonchev–Trinajstić information content (AvgIpc) is 2.92. The van der Waals surface area contributed by atoms with Crippen molar-refractivity contribution < 1.29 is 14.3 Å². The molecule has 1 rings (SSSR count). The summed E-state index contributed by atoms with van der Waals surface area (Å²) >= 11 is 0. The molecule has 1 heterocycles. The van der Waals surface area contributed by atoms with E-state index in [1.807, 2.05) is 0 Å². The Balaban J connectivity index is 2.09. The largest absolute Gasteiger partial charge is 0.465 e. The molecule has 118 valence electrons. The van der Waals surface area contributed by atoms with E-state index < -0.39 is 0 Å². The van der Waals surface area contributed by atoms with Crippen molar-refractivity contribution >= 4 is 5.97 Å². The van der Waals surface area contributed by atoms with Crippen LogP contribution < -0.4 is 5.32 Å². The van der Waals surface area contributed by atoms with Crippen molar-refractivity contribution in [3.63, 3.8) is 0 Å². The van der Waals surface area contributed by atoms with Crippen LogP contribution in [0.25, 0.3) is 0 Å². The van der Waals surface area contributed by atoms with Gasteiger partial charge >= 0.3 is 5.97 Å². The van der Waals surface area contributed by atoms with Crippen molar-refractivity contribution in [3.05, 3.63) is 0 Å². The van der Waals surface area contributed by atoms with Crippen LogP contribution in [0.3, 0.4) is 0 Å². The highest BCUT2D eigenvalue weighted by molar-refractivity contribution is 5.73. The van der Waals surface area contributed by atoms with E-state index in [4.69, 9.17) is 9.47 Å². The molecular formula is C16H31NO3. The highest BCUT2D eigenvalue weighted by Gasteiger charge is 2.34. The van der Waals surface area contributed by atoms with Crippen LogP contribution in [0.2, 0.25) is 0 Å². The lowest BCUT2D eigenvalue weighted by atomic mass is 10.0. The van der Waals surface area contributed by atoms with Gasteiger partial charge in [0.1, 0.15) is 0 Å². The van der Waals surface area contributed by atoms with Gasteiger partial charge < -0.3 is 14.8 Å². The van der Waals surface area contributed by atoms with Crippen LogP contribution in [0.1, 0.15) is 58.8 Å². The van der Waals surface area contributed by atoms with E-state index in [-0.39, 0.29) is 17.9 Å². The summed E-state index contributed by atoms with van der Waals surface area (Å²) in [5.74, 6) is -0.216. The Morgan fingerprint density at radius 3 is 2.60 bits per heavy atom. The number of nitrogens with one attached hydrogen (secondary N) is 1. The fourth-order valence-corrected chi connectivity index (χ4v) is 2.48. The van der Waals surface area contributed by atoms with Crippen LogP contribution in [0.15, 0.2) is 0 Å². The number of carbonyl (C=O) groups excluding carboxylic acids is 1. The summed E-state index contributed by atoms with van der Waals surface area (Å²) in [5.41, 5.74) is 0. The Morgan fingerprint density at radius 2 is 1.85 bits per heavy atom. The third-order valence-electron chi connectivity index (χ3n) is 3.78. The predicted molar refractivity (Wildman–Crippen MR) is 80.7 cm³/mol. The molecule has 20 heavy (non-hydrogen) atoms. The first-order chi connectivity index (χ1) is 9.79. The van der Waals surface area contributed by atoms with E-state index in [1.54, 1.807) is 0 Å². The molecule has 4 nitrogen and oxygen atoms in total. The molecule has 0 radical (unpaired) electrons. The number of unbranched alkanes of at least 4 members (excludes halogenated alkanes) is 5. The fourth-order valence-electron chi connectivity index (χ4n) is 2.48. The van der Waals surface area contributed by atoms with Gasteiger partial charge in [0.2, 0.25) is 0 Å². The summed E-state index contributed by atoms with van der Waals surface area (Å²) in [6.45, 7) is 6.94. The minimum absolute atomic E-state index is 0.0929. The van der Waals surface area contributed by atoms with Crippen molar-refractivity contribution in [2.45, 2.75) is 64.8 Å². The van der Waals surface area contributed by atoms with E-state index >= 15 is 0 Å². The molecule has 1 aliphatic heterocycles. The van der Waals surface area contributed by atoms with Crippen molar-refractivity contribution in [2.24, 2.45) is 5.92 Å². The van der Waals surface area contributed by atoms with Gasteiger partial charge in [-0.25, -0.2) is 0 Å². The van der Waals surface area contributed by atoms with Gasteiger partial charge in [0.05, 0.1) is 25.7 Å². The second-order valence-electron chi connectivity index (χ2n) is 5.64. The standard InChI is InChI=1S/C16H31NO3/c1-3-5-6-7-8-9-11-20-16(18)14-12-19-13-15(14)17-10-4-2/h14-15,17H,3-13H2,1-2H3. The summed E-state index contributed by atoms with van der Waals surface area (Å²) in [7, 11) is 0. The van der Waals surface area contributed by atoms with Gasteiger partial charge in [-0.3, -0.25) is 4.79 Å². The number of hydrogen-bond acceptors (Lipinski definition) is 4. The molecule has 0 aromatic rings. The molecule has 0 saturated carbocycles. The zero-order valence-electron chi connectivity index (χ0n) is 13.2. The predicted octanol–water partition coefficient (Wildman–Crippen LogP) is 2.90. The molecule has 1 aliphatic rings. The molecule has 1 saturated heterocycles. The minimum Gasteiger partial charge on any atom is -0.465 e. The van der Waals surface area contributed by atoms with Gasteiger partial charge in [0.15, 0.2) is 0 Å². The maximum absolute atomic E-state index is 12.0. The topological polar surface area (TPSA) is 47.6 Å². The van der Waals surface area contributed by atoms with Crippen LogP contribution in [0.5, 0.6) is 0 Å². The Morgan fingerprint density at radius 1 is 1.10 bits per heavy atom. The Hall–Kier alpha value is -0.610. The normalized spacial score (nSPS) is 22.1. The van der Waals surface area contributed by atoms with Crippen LogP contribution in [0, 0.1) is 5.92 Å². The summed E-state index contributed by atoms with van der Waals surface area (Å²) in [6, 6.07) is 0.131. The lowest BCUT2D eigenvalue weighted by molar-refractivity contribution is -0.149. The third kappa shape index (κ3) is 6.71. The first-order valence-corrected chi connectivity index (χ1v) is 8.27. The molecule has 0 bridgehead atoms. The molecule has 0 aromatic carbocycles. The van der Waals surface area contributed by atoms with E-state index in [2.05, 4.69) is 19.2 Å². The second-order valence-corrected chi connectivity index (χ2v) is 5.64. The Kier molecular flexibility index (Phi) is 9.67. The van der Waals surface area contributed by atoms with Crippen molar-refractivity contribution in [1.29, 1.82) is 0 Å². The SMILES string of the molecule is CCCCCCCCOC(=O)C1COCC1NCCC. The number of rotatable bonds is 11. The number of carbonyl (C=O) groups is 1. The molecule has 4 heteroatoms. The van der Waals surface area contributed by atoms with Crippen LogP contribution in [-0.4, -0.2) is 38.4 Å². The molecule has 1 fully saturated rings. The van der Waals surface area contributed by atoms with E-state index in [0.717, 1.165) is 25.8 Å². The molecule has 0 aliphatic carbocycles. The van der Waals surface area contributed by atoms with Gasteiger partial charge in [-0.2, -0.15) is 0 Å². The lowest BCUT2D eigenvalue weighted by Gasteiger charge is -2.17. The van der Waals surface area contributed by atoms with Gasteiger partial charge in [0, 0.05) is 6.04 Å². The van der Waals surface area contributed by atoms with E-state index in [1.165, 1.54) is 25.7 Å². The lowest BCUT2D eigenvalue weighted by Crippen LogP contribution is -2.40. The molecular weight excluding hydrogens is 254 g/mol. The minimum atomic E-state index is -0.123. The Labute approximate surface area is 123 Å². The Bertz CT molecular complexity index is 258. The number of esters is 1. The molecule has 2 unspecified atom stereocenters. The van der Waals surface area contributed by atoms with Crippen molar-refractivity contribution in [3.8, 4) is 0 Å². The van der Waals surface area contributed by atoms with Gasteiger partial charge in [-0.05, 0) is 19.4 Å². The maximum Gasteiger partial charge on any atom is 0.312 e. The van der Waals surface area contributed by atoms with Crippen LogP contribution in [0.4, 0.5) is 0 Å². The first-order valence-electron chi connectivity index (χ1n) is 8.27. The second kappa shape index (κ2) is 11.1. The van der Waals surface area contributed by atoms with Crippen molar-refractivity contribution in [1.82, 2.24) is 5.32 Å². The maximum atomic E-state index is 12.0. The zero-order valence-corrected chi connectivity index (χ0v) is 13.2. The summed E-state index contributed by atoms with van der Waals surface area (Å²) in [6.07, 6.45) is 8.33. The molecule has 0 aromatic heterocycles. The van der Waals surface area contributed by atoms with Crippen LogP contribution >= 0.6 is 0 Å². The number of hydrogen-bond donors (Lipinski definition) is 1. The average molecular weight is 285 g/mol. The fraction of sp³-hybridized carbons (Fsp3) is 0.938. The van der Waals surface area contributed by atoms with E-state index in [9.17, 15) is 4.79 Å². The quantitative estimate of drug-likeness (QED) is 0.468. The highest BCUT2D eigenvalue weighted by atomic mass is 16.5. The van der Waals surface area contributed by atoms with Gasteiger partial charge in [-0.15, -0.1) is 0 Å². The molecule has 2 atom stereocenters. The zero-order chi connectivity index (χ0) is 14.6. The van der Waals surface area contributed by atoms with Gasteiger partial charge in [0.25, 0.3) is 0 Å². The van der Waals surface area contributed by atoms with Crippen molar-refractivity contribution in [2.75, 3.05) is 26.4 Å². The highest BCUT2D eigenvalue weighted by Crippen LogP contribution is 2.16. The smallest absolute Gasteiger partial charge is 0.312 e. The summed E-state index contributed by atoms with van der Waals surface area (Å²) in [4.78, 5) is 12.0. The number of ether oxygens (including phenoxy) is 2. The first kappa shape index (κ1) is 17.4. The summed E-state index contributed by atoms with van der Waals surface area (Å²) < 4.78 is 10.8. The third-order valence-corrected chi connectivity index (χ3v) is 3.78. The molecule has 0 amide bonds. The van der Waals surface area contributed by atoms with E-state index in [0.29, 0.717) is 19.8 Å². The summed E-state index contributed by atoms with van der Waals surface area (Å²) in [5, 5.41) is 3.36. The van der Waals surface area contributed by atoms with Gasteiger partial charge in [-0.1, -0.05) is 46.0 Å².